The Morgan fingerprint density at radius 1 is 1.16 bits per heavy atom. The van der Waals surface area contributed by atoms with E-state index in [1.54, 1.807) is 29.2 Å². The summed E-state index contributed by atoms with van der Waals surface area (Å²) < 4.78 is 12.3. The van der Waals surface area contributed by atoms with E-state index in [4.69, 9.17) is 32.7 Å². The second-order valence-corrected chi connectivity index (χ2v) is 12.8. The van der Waals surface area contributed by atoms with Crippen molar-refractivity contribution in [2.75, 3.05) is 20.3 Å². The maximum absolute atomic E-state index is 13.9. The molecule has 0 aromatic heterocycles. The Kier molecular flexibility index (Phi) is 12.1. The summed E-state index contributed by atoms with van der Waals surface area (Å²) in [6.07, 6.45) is 4.44. The molecule has 2 aromatic carbocycles. The molecule has 3 N–H and O–H groups in total. The Bertz CT molecular complexity index is 1370. The van der Waals surface area contributed by atoms with Crippen LogP contribution in [0.15, 0.2) is 42.0 Å². The average Bonchev–Trinajstić information content (AvgIpc) is 3.51. The molecule has 0 radical (unpaired) electrons. The highest BCUT2D eigenvalue weighted by molar-refractivity contribution is 14.1. The van der Waals surface area contributed by atoms with Crippen molar-refractivity contribution < 1.29 is 34.1 Å². The number of methoxy groups -OCH3 is 1. The minimum atomic E-state index is -1.23. The monoisotopic (exact) mass is 744 g/mol. The van der Waals surface area contributed by atoms with Gasteiger partial charge in [0.25, 0.3) is 0 Å². The van der Waals surface area contributed by atoms with E-state index in [2.05, 4.69) is 5.32 Å². The minimum absolute atomic E-state index is 0.0431. The molecule has 12 heteroatoms. The van der Waals surface area contributed by atoms with Gasteiger partial charge in [-0.3, -0.25) is 14.4 Å². The SMILES string of the molecule is COc1cc(C=O)cc(I)c1O[C@H]1C=C(C(=O)NCCO)C[C@@H](N(Cc2ccc(Cl)c(Cl)c2)C(=O)CC2CCCC2)[C@@H]1O. The van der Waals surface area contributed by atoms with Crippen LogP contribution in [0.2, 0.25) is 10.0 Å². The molecular formula is C31H35Cl2IN2O7. The second kappa shape index (κ2) is 15.6. The zero-order chi connectivity index (χ0) is 31.1. The van der Waals surface area contributed by atoms with Crippen LogP contribution < -0.4 is 14.8 Å². The molecule has 0 bridgehead atoms. The molecule has 0 aliphatic heterocycles. The number of aliphatic hydroxyl groups excluding tert-OH is 2. The van der Waals surface area contributed by atoms with Gasteiger partial charge in [-0.05, 0) is 77.3 Å². The molecule has 0 spiro atoms. The van der Waals surface area contributed by atoms with Crippen LogP contribution in [-0.4, -0.2) is 71.7 Å². The van der Waals surface area contributed by atoms with E-state index < -0.39 is 24.2 Å². The molecule has 2 aliphatic carbocycles. The topological polar surface area (TPSA) is 125 Å². The minimum Gasteiger partial charge on any atom is -0.493 e. The Hall–Kier alpha value is -2.38. The van der Waals surface area contributed by atoms with E-state index >= 15 is 0 Å². The van der Waals surface area contributed by atoms with Crippen LogP contribution in [0.4, 0.5) is 0 Å². The molecular weight excluding hydrogens is 710 g/mol. The first-order valence-electron chi connectivity index (χ1n) is 14.2. The number of carbonyl (C=O) groups is 3. The van der Waals surface area contributed by atoms with E-state index in [-0.39, 0.29) is 49.4 Å². The van der Waals surface area contributed by atoms with Gasteiger partial charge in [-0.2, -0.15) is 0 Å². The van der Waals surface area contributed by atoms with Gasteiger partial charge in [-0.15, -0.1) is 0 Å². The van der Waals surface area contributed by atoms with Crippen molar-refractivity contribution >= 4 is 63.9 Å². The third-order valence-electron chi connectivity index (χ3n) is 7.85. The molecule has 2 aliphatic rings. The second-order valence-electron chi connectivity index (χ2n) is 10.8. The molecule has 0 unspecified atom stereocenters. The lowest BCUT2D eigenvalue weighted by atomic mass is 9.87. The van der Waals surface area contributed by atoms with Crippen LogP contribution in [0.5, 0.6) is 11.5 Å². The van der Waals surface area contributed by atoms with Gasteiger partial charge in [0.2, 0.25) is 11.8 Å². The molecule has 3 atom stereocenters. The normalized spacial score (nSPS) is 20.3. The van der Waals surface area contributed by atoms with E-state index in [9.17, 15) is 24.6 Å². The third-order valence-corrected chi connectivity index (χ3v) is 9.39. The lowest BCUT2D eigenvalue weighted by Gasteiger charge is -2.41. The molecule has 1 saturated carbocycles. The van der Waals surface area contributed by atoms with Gasteiger partial charge in [-0.25, -0.2) is 0 Å². The lowest BCUT2D eigenvalue weighted by molar-refractivity contribution is -0.140. The first-order valence-corrected chi connectivity index (χ1v) is 16.0. The van der Waals surface area contributed by atoms with Gasteiger partial charge < -0.3 is 29.9 Å². The van der Waals surface area contributed by atoms with Gasteiger partial charge >= 0.3 is 0 Å². The number of benzene rings is 2. The summed E-state index contributed by atoms with van der Waals surface area (Å²) in [7, 11) is 1.44. The molecule has 9 nitrogen and oxygen atoms in total. The highest BCUT2D eigenvalue weighted by Crippen LogP contribution is 2.38. The highest BCUT2D eigenvalue weighted by atomic mass is 127. The van der Waals surface area contributed by atoms with Crippen molar-refractivity contribution in [3.63, 3.8) is 0 Å². The number of rotatable bonds is 12. The largest absolute Gasteiger partial charge is 0.493 e. The quantitative estimate of drug-likeness (QED) is 0.208. The number of hydrogen-bond donors (Lipinski definition) is 3. The first kappa shape index (κ1) is 33.5. The fourth-order valence-corrected chi connectivity index (χ4v) is 6.71. The number of nitrogens with one attached hydrogen (secondary N) is 1. The maximum Gasteiger partial charge on any atom is 0.247 e. The van der Waals surface area contributed by atoms with E-state index in [1.165, 1.54) is 19.3 Å². The summed E-state index contributed by atoms with van der Waals surface area (Å²) in [6, 6.07) is 7.45. The van der Waals surface area contributed by atoms with Crippen molar-refractivity contribution in [3.05, 3.63) is 66.7 Å². The Balaban J connectivity index is 1.73. The molecule has 0 saturated heterocycles. The molecule has 4 rings (SSSR count). The number of halogens is 3. The van der Waals surface area contributed by atoms with Crippen LogP contribution in [-0.2, 0) is 16.1 Å². The summed E-state index contributed by atoms with van der Waals surface area (Å²) in [5.41, 5.74) is 1.42. The van der Waals surface area contributed by atoms with Crippen molar-refractivity contribution in [1.29, 1.82) is 0 Å². The zero-order valence-corrected chi connectivity index (χ0v) is 27.4. The molecule has 43 heavy (non-hydrogen) atoms. The molecule has 2 aromatic rings. The van der Waals surface area contributed by atoms with Crippen LogP contribution in [0.1, 0.15) is 54.4 Å². The number of carbonyl (C=O) groups excluding carboxylic acids is 3. The Morgan fingerprint density at radius 3 is 2.56 bits per heavy atom. The number of aliphatic hydroxyl groups is 2. The summed E-state index contributed by atoms with van der Waals surface area (Å²) in [6.45, 7) is -0.0640. The predicted octanol–water partition coefficient (Wildman–Crippen LogP) is 4.94. The predicted molar refractivity (Wildman–Crippen MR) is 172 cm³/mol. The van der Waals surface area contributed by atoms with Crippen molar-refractivity contribution in [2.45, 2.75) is 63.3 Å². The van der Waals surface area contributed by atoms with E-state index in [0.717, 1.165) is 31.2 Å². The zero-order valence-electron chi connectivity index (χ0n) is 23.7. The summed E-state index contributed by atoms with van der Waals surface area (Å²) in [5.74, 6) is 0.253. The number of aldehydes is 1. The maximum atomic E-state index is 13.9. The van der Waals surface area contributed by atoms with Gasteiger partial charge in [0.15, 0.2) is 11.5 Å². The smallest absolute Gasteiger partial charge is 0.247 e. The fraction of sp³-hybridized carbons (Fsp3) is 0.452. The van der Waals surface area contributed by atoms with Crippen molar-refractivity contribution in [1.82, 2.24) is 10.2 Å². The third kappa shape index (κ3) is 8.42. The number of hydrogen-bond acceptors (Lipinski definition) is 7. The molecule has 2 amide bonds. The Morgan fingerprint density at radius 2 is 1.91 bits per heavy atom. The van der Waals surface area contributed by atoms with E-state index in [1.807, 2.05) is 22.6 Å². The molecule has 1 fully saturated rings. The number of nitrogens with zero attached hydrogens (tertiary/aromatic N) is 1. The van der Waals surface area contributed by atoms with Crippen molar-refractivity contribution in [2.24, 2.45) is 5.92 Å². The van der Waals surface area contributed by atoms with Crippen LogP contribution in [0.25, 0.3) is 0 Å². The van der Waals surface area contributed by atoms with Crippen LogP contribution in [0, 0.1) is 9.49 Å². The van der Waals surface area contributed by atoms with Crippen molar-refractivity contribution in [3.8, 4) is 11.5 Å². The summed E-state index contributed by atoms with van der Waals surface area (Å²) in [5, 5.41) is 24.5. The first-order chi connectivity index (χ1) is 20.6. The summed E-state index contributed by atoms with van der Waals surface area (Å²) in [4.78, 5) is 40.1. The van der Waals surface area contributed by atoms with Crippen LogP contribution in [0.3, 0.4) is 0 Å². The summed E-state index contributed by atoms with van der Waals surface area (Å²) >= 11 is 14.5. The number of amides is 2. The molecule has 232 valence electrons. The van der Waals surface area contributed by atoms with Gasteiger partial charge in [0.05, 0.1) is 33.4 Å². The van der Waals surface area contributed by atoms with E-state index in [0.29, 0.717) is 37.5 Å². The lowest BCUT2D eigenvalue weighted by Crippen LogP contribution is -2.55. The standard InChI is InChI=1S/C31H35Cl2IN2O7/c1-42-27-12-20(17-38)11-24(34)30(27)43-26-15-21(31(41)35-8-9-37)14-25(29(26)40)36(28(39)13-18-4-2-3-5-18)16-19-6-7-22(32)23(33)10-19/h6-7,10-12,15,17-18,25-26,29,37,40H,2-5,8-9,13-14,16H2,1H3,(H,35,41)/t25-,26+,29+/m1/s1. The van der Waals surface area contributed by atoms with Gasteiger partial charge in [0.1, 0.15) is 18.5 Å². The Labute approximate surface area is 274 Å². The fourth-order valence-electron chi connectivity index (χ4n) is 5.64. The highest BCUT2D eigenvalue weighted by Gasteiger charge is 2.41. The average molecular weight is 745 g/mol. The van der Waals surface area contributed by atoms with Gasteiger partial charge in [-0.1, -0.05) is 42.1 Å². The molecule has 0 heterocycles. The van der Waals surface area contributed by atoms with Gasteiger partial charge in [0, 0.05) is 37.1 Å². The number of ether oxygens (including phenoxy) is 2. The van der Waals surface area contributed by atoms with Crippen LogP contribution >= 0.6 is 45.8 Å².